The molecule has 1 heterocycles. The Balaban J connectivity index is 2.57. The Kier molecular flexibility index (Phi) is 6.59. The summed E-state index contributed by atoms with van der Waals surface area (Å²) in [6, 6.07) is 7.94. The van der Waals surface area contributed by atoms with Gasteiger partial charge in [0.15, 0.2) is 11.8 Å². The number of benzene rings is 1. The molecule has 2 rings (SSSR count). The van der Waals surface area contributed by atoms with Crippen molar-refractivity contribution < 1.29 is 14.5 Å². The molecule has 1 atom stereocenters. The van der Waals surface area contributed by atoms with Crippen molar-refractivity contribution in [2.75, 3.05) is 13.1 Å². The Labute approximate surface area is 161 Å². The van der Waals surface area contributed by atoms with Crippen molar-refractivity contribution in [2.45, 2.75) is 19.9 Å². The van der Waals surface area contributed by atoms with E-state index < -0.39 is 28.2 Å². The molecule has 1 unspecified atom stereocenters. The van der Waals surface area contributed by atoms with E-state index in [1.54, 1.807) is 13.8 Å². The van der Waals surface area contributed by atoms with Gasteiger partial charge in [-0.15, -0.1) is 0 Å². The zero-order chi connectivity index (χ0) is 20.8. The fraction of sp³-hybridized carbons (Fsp3) is 0.250. The Bertz CT molecular complexity index is 980. The summed E-state index contributed by atoms with van der Waals surface area (Å²) in [5, 5.41) is 11.0. The Morgan fingerprint density at radius 2 is 1.96 bits per heavy atom. The van der Waals surface area contributed by atoms with Crippen LogP contribution in [0.25, 0.3) is 0 Å². The number of amides is 1. The summed E-state index contributed by atoms with van der Waals surface area (Å²) in [6.07, 6.45) is 1.36. The third-order valence-corrected chi connectivity index (χ3v) is 4.11. The predicted octanol–water partition coefficient (Wildman–Crippen LogP) is 2.61. The summed E-state index contributed by atoms with van der Waals surface area (Å²) in [5.41, 5.74) is -0.0930. The van der Waals surface area contributed by atoms with Gasteiger partial charge in [0, 0.05) is 43.0 Å². The monoisotopic (exact) mass is 383 g/mol. The largest absolute Gasteiger partial charge is 0.337 e. The molecule has 0 N–H and O–H groups in total. The lowest BCUT2D eigenvalue weighted by molar-refractivity contribution is -0.384. The normalized spacial score (nSPS) is 11.5. The van der Waals surface area contributed by atoms with Crippen LogP contribution >= 0.6 is 0 Å². The number of non-ortho nitro benzene ring substituents is 1. The molecule has 1 aromatic heterocycles. The van der Waals surface area contributed by atoms with Gasteiger partial charge >= 0.3 is 0 Å². The number of pyridine rings is 1. The van der Waals surface area contributed by atoms with Gasteiger partial charge in [-0.3, -0.25) is 29.1 Å². The minimum atomic E-state index is -1.46. The summed E-state index contributed by atoms with van der Waals surface area (Å²) in [7, 11) is 0. The van der Waals surface area contributed by atoms with Gasteiger partial charge in [-0.05, 0) is 19.9 Å². The quantitative estimate of drug-likeness (QED) is 0.229. The van der Waals surface area contributed by atoms with Gasteiger partial charge in [0.1, 0.15) is 0 Å². The molecule has 0 aliphatic rings. The molecule has 0 bridgehead atoms. The van der Waals surface area contributed by atoms with Gasteiger partial charge in [0.2, 0.25) is 0 Å². The predicted molar refractivity (Wildman–Crippen MR) is 104 cm³/mol. The molecule has 1 aromatic carbocycles. The lowest BCUT2D eigenvalue weighted by Crippen LogP contribution is -2.44. The highest BCUT2D eigenvalue weighted by Crippen LogP contribution is 2.20. The first-order valence-corrected chi connectivity index (χ1v) is 8.65. The highest BCUT2D eigenvalue weighted by atomic mass is 16.6. The number of likely N-dealkylation sites (N-methyl/N-ethyl adjacent to an activating group) is 1. The maximum Gasteiger partial charge on any atom is 0.270 e. The van der Waals surface area contributed by atoms with E-state index in [2.05, 4.69) is 6.58 Å². The number of carbonyl (C=O) groups excluding carboxylic acids is 2. The molecular formula is C20H21N3O5. The molecular weight excluding hydrogens is 362 g/mol. The fourth-order valence-corrected chi connectivity index (χ4v) is 2.79. The number of ketones is 1. The van der Waals surface area contributed by atoms with Crippen molar-refractivity contribution in [1.82, 2.24) is 9.47 Å². The lowest BCUT2D eigenvalue weighted by atomic mass is 10.0. The van der Waals surface area contributed by atoms with E-state index in [0.717, 1.165) is 16.2 Å². The van der Waals surface area contributed by atoms with Gasteiger partial charge in [-0.2, -0.15) is 0 Å². The van der Waals surface area contributed by atoms with E-state index in [-0.39, 0.29) is 17.8 Å². The summed E-state index contributed by atoms with van der Waals surface area (Å²) < 4.78 is 1.05. The zero-order valence-electron chi connectivity index (χ0n) is 15.7. The van der Waals surface area contributed by atoms with Gasteiger partial charge in [0.25, 0.3) is 17.2 Å². The average Bonchev–Trinajstić information content (AvgIpc) is 2.67. The van der Waals surface area contributed by atoms with Gasteiger partial charge in [-0.1, -0.05) is 30.4 Å². The molecule has 0 radical (unpaired) electrons. The van der Waals surface area contributed by atoms with Crippen molar-refractivity contribution in [3.05, 3.63) is 86.8 Å². The van der Waals surface area contributed by atoms with E-state index >= 15 is 0 Å². The number of hydrogen-bond donors (Lipinski definition) is 0. The summed E-state index contributed by atoms with van der Waals surface area (Å²) >= 11 is 0. The minimum absolute atomic E-state index is 0.0188. The SMILES string of the molecule is C=C(C)CN(CC)C(=O)C(C(=O)c1cccc([N+](=O)[O-])c1)n1ccccc1=O. The van der Waals surface area contributed by atoms with E-state index in [4.69, 9.17) is 0 Å². The molecule has 0 aliphatic carbocycles. The van der Waals surface area contributed by atoms with Crippen LogP contribution in [0.15, 0.2) is 65.6 Å². The Morgan fingerprint density at radius 3 is 2.54 bits per heavy atom. The van der Waals surface area contributed by atoms with E-state index in [0.29, 0.717) is 6.54 Å². The molecule has 0 saturated carbocycles. The number of Topliss-reactive ketones (excluding diaryl/α,β-unsaturated/α-hetero) is 1. The summed E-state index contributed by atoms with van der Waals surface area (Å²) in [6.45, 7) is 7.84. The number of carbonyl (C=O) groups is 2. The molecule has 146 valence electrons. The van der Waals surface area contributed by atoms with Gasteiger partial charge in [-0.25, -0.2) is 0 Å². The number of nitrogens with zero attached hydrogens (tertiary/aromatic N) is 3. The molecule has 0 aliphatic heterocycles. The van der Waals surface area contributed by atoms with Crippen LogP contribution in [0, 0.1) is 10.1 Å². The van der Waals surface area contributed by atoms with Crippen molar-refractivity contribution in [3.63, 3.8) is 0 Å². The van der Waals surface area contributed by atoms with Crippen LogP contribution in [-0.2, 0) is 4.79 Å². The number of rotatable bonds is 8. The third kappa shape index (κ3) is 4.59. The minimum Gasteiger partial charge on any atom is -0.337 e. The number of aromatic nitrogens is 1. The van der Waals surface area contributed by atoms with Crippen LogP contribution < -0.4 is 5.56 Å². The van der Waals surface area contributed by atoms with Crippen LogP contribution in [0.1, 0.15) is 30.2 Å². The molecule has 8 heteroatoms. The van der Waals surface area contributed by atoms with Crippen molar-refractivity contribution in [2.24, 2.45) is 0 Å². The van der Waals surface area contributed by atoms with Crippen molar-refractivity contribution >= 4 is 17.4 Å². The van der Waals surface area contributed by atoms with Crippen LogP contribution in [0.2, 0.25) is 0 Å². The molecule has 8 nitrogen and oxygen atoms in total. The first-order valence-electron chi connectivity index (χ1n) is 8.65. The topological polar surface area (TPSA) is 103 Å². The third-order valence-electron chi connectivity index (χ3n) is 4.11. The summed E-state index contributed by atoms with van der Waals surface area (Å²) in [5.74, 6) is -1.27. The van der Waals surface area contributed by atoms with E-state index in [1.165, 1.54) is 47.5 Å². The van der Waals surface area contributed by atoms with Crippen LogP contribution in [0.4, 0.5) is 5.69 Å². The van der Waals surface area contributed by atoms with Crippen LogP contribution in [-0.4, -0.2) is 39.2 Å². The number of nitro groups is 1. The first kappa shape index (κ1) is 20.8. The number of hydrogen-bond acceptors (Lipinski definition) is 5. The maximum atomic E-state index is 13.2. The molecule has 1 amide bonds. The Morgan fingerprint density at radius 1 is 1.25 bits per heavy atom. The van der Waals surface area contributed by atoms with E-state index in [1.807, 2.05) is 0 Å². The zero-order valence-corrected chi connectivity index (χ0v) is 15.7. The van der Waals surface area contributed by atoms with Gasteiger partial charge < -0.3 is 4.90 Å². The highest BCUT2D eigenvalue weighted by Gasteiger charge is 2.33. The molecule has 0 saturated heterocycles. The van der Waals surface area contributed by atoms with Gasteiger partial charge in [0.05, 0.1) is 4.92 Å². The standard InChI is InChI=1S/C20H21N3O5/c1-4-21(13-14(2)3)20(26)18(22-11-6-5-10-17(22)24)19(25)15-8-7-9-16(12-15)23(27)28/h5-12,18H,2,4,13H2,1,3H3. The second kappa shape index (κ2) is 8.90. The smallest absolute Gasteiger partial charge is 0.270 e. The second-order valence-electron chi connectivity index (χ2n) is 6.33. The average molecular weight is 383 g/mol. The maximum absolute atomic E-state index is 13.2. The van der Waals surface area contributed by atoms with Crippen molar-refractivity contribution in [3.8, 4) is 0 Å². The summed E-state index contributed by atoms with van der Waals surface area (Å²) in [4.78, 5) is 50.5. The first-order chi connectivity index (χ1) is 13.3. The fourth-order valence-electron chi connectivity index (χ4n) is 2.79. The van der Waals surface area contributed by atoms with Crippen molar-refractivity contribution in [1.29, 1.82) is 0 Å². The Hall–Kier alpha value is -3.55. The van der Waals surface area contributed by atoms with E-state index in [9.17, 15) is 24.5 Å². The molecule has 28 heavy (non-hydrogen) atoms. The van der Waals surface area contributed by atoms with Crippen LogP contribution in [0.5, 0.6) is 0 Å². The molecule has 0 spiro atoms. The highest BCUT2D eigenvalue weighted by molar-refractivity contribution is 6.12. The molecule has 2 aromatic rings. The lowest BCUT2D eigenvalue weighted by Gasteiger charge is -2.27. The number of nitro benzene ring substituents is 1. The second-order valence-corrected chi connectivity index (χ2v) is 6.33. The van der Waals surface area contributed by atoms with Crippen LogP contribution in [0.3, 0.4) is 0 Å². The molecule has 0 fully saturated rings.